The number of benzene rings is 1. The number of rotatable bonds is 17. The van der Waals surface area contributed by atoms with Crippen LogP contribution in [0.25, 0.3) is 0 Å². The molecule has 4 heterocycles. The van der Waals surface area contributed by atoms with Gasteiger partial charge in [-0.3, -0.25) is 9.59 Å². The largest absolute Gasteiger partial charge is 0.497 e. The van der Waals surface area contributed by atoms with E-state index in [1.165, 1.54) is 18.2 Å². The highest BCUT2D eigenvalue weighted by molar-refractivity contribution is 5.91. The van der Waals surface area contributed by atoms with Gasteiger partial charge in [0.15, 0.2) is 12.6 Å². The molecule has 64 heavy (non-hydrogen) atoms. The molecule has 0 bridgehead atoms. The maximum atomic E-state index is 13.3. The molecule has 0 aromatic heterocycles. The lowest BCUT2D eigenvalue weighted by Gasteiger charge is -2.41. The van der Waals surface area contributed by atoms with Crippen LogP contribution in [0.5, 0.6) is 5.75 Å². The van der Waals surface area contributed by atoms with Crippen LogP contribution < -0.4 is 4.74 Å². The first-order valence-electron chi connectivity index (χ1n) is 20.3. The summed E-state index contributed by atoms with van der Waals surface area (Å²) in [5.74, 6) is -5.90. The molecule has 0 unspecified atom stereocenters. The van der Waals surface area contributed by atoms with Crippen molar-refractivity contribution in [2.75, 3.05) is 34.0 Å². The normalized spacial score (nSPS) is 34.5. The Kier molecular flexibility index (Phi) is 17.9. The highest BCUT2D eigenvalue weighted by Crippen LogP contribution is 2.37. The van der Waals surface area contributed by atoms with Crippen LogP contribution in [0.3, 0.4) is 0 Å². The minimum absolute atomic E-state index is 0.0329. The minimum Gasteiger partial charge on any atom is -0.497 e. The second-order valence-electron chi connectivity index (χ2n) is 15.3. The molecule has 5 rings (SSSR count). The molecule has 1 aromatic rings. The van der Waals surface area contributed by atoms with Gasteiger partial charge in [0.05, 0.1) is 69.9 Å². The molecule has 4 aliphatic heterocycles. The van der Waals surface area contributed by atoms with Gasteiger partial charge < -0.3 is 87.9 Å². The first-order chi connectivity index (χ1) is 30.6. The Labute approximate surface area is 366 Å². The quantitative estimate of drug-likeness (QED) is 0.0292. The third-order valence-electron chi connectivity index (χ3n) is 11.3. The maximum absolute atomic E-state index is 13.3. The number of ether oxygens (including phenoxy) is 10. The molecule has 0 aliphatic carbocycles. The monoisotopic (exact) mass is 910 g/mol. The van der Waals surface area contributed by atoms with E-state index in [-0.39, 0.29) is 35.5 Å². The molecule has 2 fully saturated rings. The van der Waals surface area contributed by atoms with E-state index >= 15 is 0 Å². The highest BCUT2D eigenvalue weighted by atomic mass is 16.8. The highest BCUT2D eigenvalue weighted by Gasteiger charge is 2.48. The number of aliphatic hydroxyl groups excluding tert-OH is 7. The molecule has 2 saturated heterocycles. The molecule has 15 atom stereocenters. The molecule has 1 aromatic carbocycles. The van der Waals surface area contributed by atoms with Crippen LogP contribution in [0.15, 0.2) is 59.6 Å². The number of aliphatic hydroxyl groups is 7. The Morgan fingerprint density at radius 2 is 1.36 bits per heavy atom. The summed E-state index contributed by atoms with van der Waals surface area (Å²) in [5, 5.41) is 72.0. The van der Waals surface area contributed by atoms with Gasteiger partial charge >= 0.3 is 23.9 Å². The molecule has 4 aliphatic rings. The third-order valence-corrected chi connectivity index (χ3v) is 11.3. The second kappa shape index (κ2) is 22.9. The van der Waals surface area contributed by atoms with E-state index in [2.05, 4.69) is 0 Å². The van der Waals surface area contributed by atoms with Crippen molar-refractivity contribution in [3.8, 4) is 5.75 Å². The summed E-state index contributed by atoms with van der Waals surface area (Å²) in [6, 6.07) is 6.23. The van der Waals surface area contributed by atoms with Crippen LogP contribution in [0.1, 0.15) is 32.3 Å². The van der Waals surface area contributed by atoms with Crippen LogP contribution in [-0.2, 0) is 73.0 Å². The predicted molar refractivity (Wildman–Crippen MR) is 209 cm³/mol. The molecular formula is C42H54O22. The molecule has 0 saturated carbocycles. The molecular weight excluding hydrogens is 856 g/mol. The fourth-order valence-corrected chi connectivity index (χ4v) is 7.55. The lowest BCUT2D eigenvalue weighted by Crippen LogP contribution is -2.60. The minimum atomic E-state index is -1.75. The van der Waals surface area contributed by atoms with E-state index in [0.29, 0.717) is 11.8 Å². The molecule has 7 N–H and O–H groups in total. The predicted octanol–water partition coefficient (Wildman–Crippen LogP) is -2.02. The zero-order valence-electron chi connectivity index (χ0n) is 35.3. The Hall–Kier alpha value is -4.85. The number of aldehydes is 1. The number of carbonyl (C=O) groups excluding carboxylic acids is 5. The molecule has 22 nitrogen and oxygen atoms in total. The van der Waals surface area contributed by atoms with E-state index in [4.69, 9.17) is 47.4 Å². The number of methoxy groups -OCH3 is 2. The van der Waals surface area contributed by atoms with Gasteiger partial charge in [-0.05, 0) is 38.0 Å². The number of hydrogen-bond acceptors (Lipinski definition) is 22. The number of hydrogen-bond donors (Lipinski definition) is 7. The second-order valence-corrected chi connectivity index (χ2v) is 15.3. The van der Waals surface area contributed by atoms with E-state index in [1.54, 1.807) is 26.0 Å². The van der Waals surface area contributed by atoms with Crippen LogP contribution in [0, 0.1) is 17.8 Å². The smallest absolute Gasteiger partial charge is 0.337 e. The third kappa shape index (κ3) is 11.7. The summed E-state index contributed by atoms with van der Waals surface area (Å²) in [4.78, 5) is 63.0. The van der Waals surface area contributed by atoms with Gasteiger partial charge in [-0.15, -0.1) is 0 Å². The van der Waals surface area contributed by atoms with E-state index in [1.807, 2.05) is 0 Å². The van der Waals surface area contributed by atoms with Gasteiger partial charge in [-0.25, -0.2) is 9.59 Å². The van der Waals surface area contributed by atoms with Crippen molar-refractivity contribution in [3.05, 3.63) is 65.1 Å². The first-order valence-corrected chi connectivity index (χ1v) is 20.3. The number of allylic oxidation sites excluding steroid dienone is 1. The van der Waals surface area contributed by atoms with Crippen molar-refractivity contribution >= 4 is 30.2 Å². The van der Waals surface area contributed by atoms with Gasteiger partial charge in [0.25, 0.3) is 0 Å². The zero-order valence-corrected chi connectivity index (χ0v) is 35.3. The Bertz CT molecular complexity index is 1880. The van der Waals surface area contributed by atoms with Crippen LogP contribution >= 0.6 is 0 Å². The lowest BCUT2D eigenvalue weighted by atomic mass is 9.80. The Morgan fingerprint density at radius 1 is 0.750 bits per heavy atom. The Morgan fingerprint density at radius 3 is 1.98 bits per heavy atom. The van der Waals surface area contributed by atoms with Gasteiger partial charge in [0, 0.05) is 17.4 Å². The summed E-state index contributed by atoms with van der Waals surface area (Å²) in [7, 11) is 2.27. The first kappa shape index (κ1) is 50.2. The standard InChI is InChI=1S/C42H54O22/c1-5-22-23(27(39(54)56-4)17-60-40(22)64-42-37(52)34(49)32(47)28(15-44)62-42)13-31(46)61-21-8-6-20(7-9-21)10-11-57-41-36(51)35(50)33(48)29(63-41)18-59-30(45)12-24-25(14-43)19(2)58-16-26(24)38(53)55-3/h5-9,14,16-17,19,23-25,28-29,32-37,40-42,44,47-52H,10-13,15,18H2,1-4H3/t19-,23+,24+,25-,28-,29-,32-,33-,34+,35+,36-,37-,40-,41-,42+/m1/s1. The fraction of sp³-hybridized carbons (Fsp3) is 0.595. The van der Waals surface area contributed by atoms with Crippen molar-refractivity contribution in [1.29, 1.82) is 0 Å². The average Bonchev–Trinajstić information content (AvgIpc) is 3.29. The maximum Gasteiger partial charge on any atom is 0.337 e. The van der Waals surface area contributed by atoms with Gasteiger partial charge in [0.2, 0.25) is 6.29 Å². The van der Waals surface area contributed by atoms with Crippen molar-refractivity contribution in [1.82, 2.24) is 0 Å². The fourth-order valence-electron chi connectivity index (χ4n) is 7.55. The summed E-state index contributed by atoms with van der Waals surface area (Å²) >= 11 is 0. The van der Waals surface area contributed by atoms with Crippen molar-refractivity contribution in [2.24, 2.45) is 17.8 Å². The van der Waals surface area contributed by atoms with Crippen LogP contribution in [0.4, 0.5) is 0 Å². The Balaban J connectivity index is 1.13. The topological polar surface area (TPSA) is 319 Å². The van der Waals surface area contributed by atoms with E-state index in [0.717, 1.165) is 26.7 Å². The van der Waals surface area contributed by atoms with Crippen molar-refractivity contribution in [3.63, 3.8) is 0 Å². The van der Waals surface area contributed by atoms with Crippen molar-refractivity contribution < 1.29 is 107 Å². The van der Waals surface area contributed by atoms with E-state index < -0.39 is 141 Å². The molecule has 0 radical (unpaired) electrons. The molecule has 22 heteroatoms. The average molecular weight is 911 g/mol. The zero-order chi connectivity index (χ0) is 46.8. The van der Waals surface area contributed by atoms with Crippen molar-refractivity contribution in [2.45, 2.75) is 107 Å². The summed E-state index contributed by atoms with van der Waals surface area (Å²) in [6.07, 6.45) is -14.2. The SMILES string of the molecule is CC=C1[C@@H](O[C@@H]2O[C@H](CO)[C@@H](O)[C@H](O)[C@H]2O)OC=C(C(=O)OC)[C@H]1CC(=O)Oc1ccc(CCO[C@@H]2O[C@H](COC(=O)C[C@@H]3C(C(=O)OC)=CO[C@H](C)[C@H]3C=O)[C@@H](O)[C@H](O)[C@H]2O)cc1. The molecule has 0 amide bonds. The number of carbonyl (C=O) groups is 5. The van der Waals surface area contributed by atoms with Crippen LogP contribution in [0.2, 0.25) is 0 Å². The summed E-state index contributed by atoms with van der Waals surface area (Å²) in [6.45, 7) is 1.83. The van der Waals surface area contributed by atoms with E-state index in [9.17, 15) is 59.7 Å². The lowest BCUT2D eigenvalue weighted by molar-refractivity contribution is -0.327. The number of esters is 4. The van der Waals surface area contributed by atoms with Gasteiger partial charge in [-0.1, -0.05) is 18.2 Å². The summed E-state index contributed by atoms with van der Waals surface area (Å²) in [5.41, 5.74) is 0.822. The molecule has 354 valence electrons. The van der Waals surface area contributed by atoms with Crippen LogP contribution in [-0.4, -0.2) is 174 Å². The van der Waals surface area contributed by atoms with Gasteiger partial charge in [-0.2, -0.15) is 0 Å². The summed E-state index contributed by atoms with van der Waals surface area (Å²) < 4.78 is 54.0. The molecule has 0 spiro atoms. The van der Waals surface area contributed by atoms with Gasteiger partial charge in [0.1, 0.15) is 73.6 Å².